The number of aromatic amines is 1. The first kappa shape index (κ1) is 19.6. The summed E-state index contributed by atoms with van der Waals surface area (Å²) in [6.45, 7) is 4.57. The summed E-state index contributed by atoms with van der Waals surface area (Å²) in [5.41, 5.74) is 7.72. The summed E-state index contributed by atoms with van der Waals surface area (Å²) in [5, 5.41) is 0.251. The lowest BCUT2D eigenvalue weighted by Crippen LogP contribution is -2.28. The highest BCUT2D eigenvalue weighted by Crippen LogP contribution is 2.36. The van der Waals surface area contributed by atoms with Crippen LogP contribution in [-0.2, 0) is 0 Å². The van der Waals surface area contributed by atoms with Crippen LogP contribution >= 0.6 is 11.6 Å². The van der Waals surface area contributed by atoms with E-state index in [0.717, 1.165) is 25.7 Å². The van der Waals surface area contributed by atoms with Crippen molar-refractivity contribution in [3.8, 4) is 28.7 Å². The number of nitrogens with one attached hydrogen (secondary N) is 1. The highest BCUT2D eigenvalue weighted by atomic mass is 35.5. The summed E-state index contributed by atoms with van der Waals surface area (Å²) in [7, 11) is 0. The smallest absolute Gasteiger partial charge is 0.316 e. The van der Waals surface area contributed by atoms with Crippen LogP contribution in [0.5, 0.6) is 6.01 Å². The molecule has 1 fully saturated rings. The first-order chi connectivity index (χ1) is 13.8. The molecule has 0 saturated heterocycles. The highest BCUT2D eigenvalue weighted by molar-refractivity contribution is 6.33. The van der Waals surface area contributed by atoms with Crippen molar-refractivity contribution in [2.24, 2.45) is 5.41 Å². The molecule has 0 amide bonds. The predicted octanol–water partition coefficient (Wildman–Crippen LogP) is 5.26. The molecule has 0 bridgehead atoms. The van der Waals surface area contributed by atoms with Crippen molar-refractivity contribution >= 4 is 17.4 Å². The van der Waals surface area contributed by atoms with Gasteiger partial charge in [-0.15, -0.1) is 0 Å². The third kappa shape index (κ3) is 4.19. The zero-order chi connectivity index (χ0) is 20.6. The van der Waals surface area contributed by atoms with Crippen molar-refractivity contribution in [3.05, 3.63) is 41.4 Å². The summed E-state index contributed by atoms with van der Waals surface area (Å²) < 4.78 is 20.1. The third-order valence-electron chi connectivity index (χ3n) is 5.41. The molecular weight excluding hydrogens is 393 g/mol. The molecule has 6 nitrogen and oxygen atoms in total. The number of benzene rings is 1. The van der Waals surface area contributed by atoms with Crippen LogP contribution in [0, 0.1) is 11.2 Å². The Morgan fingerprint density at radius 3 is 2.55 bits per heavy atom. The lowest BCUT2D eigenvalue weighted by atomic mass is 9.76. The number of nitrogens with two attached hydrogens (primary N) is 1. The Labute approximate surface area is 173 Å². The summed E-state index contributed by atoms with van der Waals surface area (Å²) in [4.78, 5) is 15.9. The Balaban J connectivity index is 1.52. The molecule has 1 aliphatic carbocycles. The number of hydrogen-bond donors (Lipinski definition) is 2. The lowest BCUT2D eigenvalue weighted by molar-refractivity contribution is 0.0906. The standard InChI is InChI=1S/C21H23ClFN5O/c1-21(2)8-6-13(7-9-21)29-20-25-10-12(11-26-20)17-18(24)28-19(27-17)16-14(22)4-3-5-15(16)23/h3-5,10-11,13H,6-9,24H2,1-2H3,(H,27,28). The van der Waals surface area contributed by atoms with E-state index >= 15 is 0 Å². The van der Waals surface area contributed by atoms with Gasteiger partial charge in [-0.25, -0.2) is 19.3 Å². The van der Waals surface area contributed by atoms with Gasteiger partial charge in [0.15, 0.2) is 0 Å². The molecule has 8 heteroatoms. The molecule has 1 saturated carbocycles. The van der Waals surface area contributed by atoms with Crippen molar-refractivity contribution < 1.29 is 9.13 Å². The van der Waals surface area contributed by atoms with Gasteiger partial charge in [-0.3, -0.25) is 0 Å². The Bertz CT molecular complexity index is 988. The second-order valence-electron chi connectivity index (χ2n) is 8.18. The predicted molar refractivity (Wildman–Crippen MR) is 111 cm³/mol. The number of H-pyrrole nitrogens is 1. The van der Waals surface area contributed by atoms with Crippen LogP contribution in [0.3, 0.4) is 0 Å². The summed E-state index contributed by atoms with van der Waals surface area (Å²) >= 11 is 6.12. The molecule has 2 aromatic heterocycles. The zero-order valence-electron chi connectivity index (χ0n) is 16.4. The average Bonchev–Trinajstić information content (AvgIpc) is 3.05. The lowest BCUT2D eigenvalue weighted by Gasteiger charge is -2.33. The van der Waals surface area contributed by atoms with Gasteiger partial charge in [-0.05, 0) is 43.2 Å². The van der Waals surface area contributed by atoms with E-state index in [4.69, 9.17) is 22.1 Å². The summed E-state index contributed by atoms with van der Waals surface area (Å²) in [6, 6.07) is 4.80. The van der Waals surface area contributed by atoms with Crippen LogP contribution in [0.15, 0.2) is 30.6 Å². The first-order valence-electron chi connectivity index (χ1n) is 9.61. The molecule has 0 unspecified atom stereocenters. The monoisotopic (exact) mass is 415 g/mol. The first-order valence-corrected chi connectivity index (χ1v) is 9.99. The van der Waals surface area contributed by atoms with E-state index in [1.54, 1.807) is 18.5 Å². The van der Waals surface area contributed by atoms with Gasteiger partial charge in [0, 0.05) is 18.0 Å². The second kappa shape index (κ2) is 7.63. The number of ether oxygens (including phenoxy) is 1. The fraction of sp³-hybridized carbons (Fsp3) is 0.381. The van der Waals surface area contributed by atoms with Gasteiger partial charge in [0.05, 0.1) is 16.3 Å². The molecule has 4 rings (SSSR count). The quantitative estimate of drug-likeness (QED) is 0.606. The zero-order valence-corrected chi connectivity index (χ0v) is 17.1. The maximum absolute atomic E-state index is 14.2. The molecule has 0 aliphatic heterocycles. The van der Waals surface area contributed by atoms with Gasteiger partial charge < -0.3 is 15.5 Å². The molecule has 29 heavy (non-hydrogen) atoms. The van der Waals surface area contributed by atoms with Crippen molar-refractivity contribution in [3.63, 3.8) is 0 Å². The largest absolute Gasteiger partial charge is 0.460 e. The van der Waals surface area contributed by atoms with E-state index in [9.17, 15) is 4.39 Å². The molecule has 0 spiro atoms. The van der Waals surface area contributed by atoms with E-state index in [0.29, 0.717) is 22.7 Å². The minimum atomic E-state index is -0.478. The number of imidazole rings is 1. The summed E-state index contributed by atoms with van der Waals surface area (Å²) in [6.07, 6.45) is 7.62. The normalized spacial score (nSPS) is 16.7. The number of hydrogen-bond acceptors (Lipinski definition) is 5. The van der Waals surface area contributed by atoms with E-state index in [2.05, 4.69) is 33.8 Å². The second-order valence-corrected chi connectivity index (χ2v) is 8.59. The number of aromatic nitrogens is 4. The number of nitrogen functional groups attached to an aromatic ring is 1. The van der Waals surface area contributed by atoms with E-state index in [1.165, 1.54) is 12.1 Å². The number of rotatable bonds is 4. The van der Waals surface area contributed by atoms with Gasteiger partial charge in [0.2, 0.25) is 0 Å². The van der Waals surface area contributed by atoms with Crippen molar-refractivity contribution in [2.75, 3.05) is 5.73 Å². The maximum atomic E-state index is 14.2. The third-order valence-corrected chi connectivity index (χ3v) is 5.72. The van der Waals surface area contributed by atoms with Gasteiger partial charge in [-0.1, -0.05) is 31.5 Å². The van der Waals surface area contributed by atoms with Gasteiger partial charge in [-0.2, -0.15) is 0 Å². The van der Waals surface area contributed by atoms with Crippen LogP contribution in [0.2, 0.25) is 5.02 Å². The van der Waals surface area contributed by atoms with E-state index in [-0.39, 0.29) is 28.3 Å². The molecule has 0 atom stereocenters. The molecule has 0 radical (unpaired) electrons. The van der Waals surface area contributed by atoms with E-state index < -0.39 is 5.82 Å². The van der Waals surface area contributed by atoms with Crippen molar-refractivity contribution in [1.29, 1.82) is 0 Å². The fourth-order valence-electron chi connectivity index (χ4n) is 3.60. The van der Waals surface area contributed by atoms with E-state index in [1.807, 2.05) is 0 Å². The molecule has 1 aromatic carbocycles. The Morgan fingerprint density at radius 2 is 1.90 bits per heavy atom. The Morgan fingerprint density at radius 1 is 1.21 bits per heavy atom. The number of anilines is 1. The summed E-state index contributed by atoms with van der Waals surface area (Å²) in [5.74, 6) is -0.00898. The Kier molecular flexibility index (Phi) is 5.17. The van der Waals surface area contributed by atoms with Gasteiger partial charge in [0.1, 0.15) is 23.6 Å². The van der Waals surface area contributed by atoms with Crippen molar-refractivity contribution in [2.45, 2.75) is 45.6 Å². The fourth-order valence-corrected chi connectivity index (χ4v) is 3.85. The van der Waals surface area contributed by atoms with Gasteiger partial charge >= 0.3 is 6.01 Å². The Hall–Kier alpha value is -2.67. The van der Waals surface area contributed by atoms with Crippen molar-refractivity contribution in [1.82, 2.24) is 19.9 Å². The average molecular weight is 416 g/mol. The van der Waals surface area contributed by atoms with Crippen LogP contribution in [0.1, 0.15) is 39.5 Å². The topological polar surface area (TPSA) is 89.7 Å². The van der Waals surface area contributed by atoms with Crippen LogP contribution in [-0.4, -0.2) is 26.0 Å². The maximum Gasteiger partial charge on any atom is 0.316 e. The number of halogens is 2. The molecule has 3 aromatic rings. The minimum absolute atomic E-state index is 0.140. The van der Waals surface area contributed by atoms with Crippen LogP contribution in [0.25, 0.3) is 22.6 Å². The highest BCUT2D eigenvalue weighted by Gasteiger charge is 2.28. The SMILES string of the molecule is CC1(C)CCC(Oc2ncc(-c3[nH]c(-c4c(F)cccc4Cl)nc3N)cn2)CC1. The van der Waals surface area contributed by atoms with Crippen LogP contribution in [0.4, 0.5) is 10.2 Å². The molecule has 1 aliphatic rings. The van der Waals surface area contributed by atoms with Crippen LogP contribution < -0.4 is 10.5 Å². The minimum Gasteiger partial charge on any atom is -0.460 e. The number of nitrogens with zero attached hydrogens (tertiary/aromatic N) is 3. The molecule has 3 N–H and O–H groups in total. The molecular formula is C21H23ClFN5O. The van der Waals surface area contributed by atoms with Gasteiger partial charge in [0.25, 0.3) is 0 Å². The molecule has 2 heterocycles. The molecule has 152 valence electrons.